The maximum absolute atomic E-state index is 5.62. The van der Waals surface area contributed by atoms with Crippen LogP contribution in [-0.4, -0.2) is 23.2 Å². The fourth-order valence-corrected chi connectivity index (χ4v) is 2.43. The van der Waals surface area contributed by atoms with Gasteiger partial charge in [0, 0.05) is 11.8 Å². The first-order valence-corrected chi connectivity index (χ1v) is 7.70. The molecule has 0 radical (unpaired) electrons. The fourth-order valence-electron chi connectivity index (χ4n) is 2.43. The lowest BCUT2D eigenvalue weighted by Crippen LogP contribution is -2.15. The van der Waals surface area contributed by atoms with Gasteiger partial charge in [0.2, 0.25) is 5.89 Å². The molecule has 1 aromatic carbocycles. The summed E-state index contributed by atoms with van der Waals surface area (Å²) in [6, 6.07) is 11.4. The molecular formula is C18H16N2O4. The maximum Gasteiger partial charge on any atom is 0.226 e. The molecule has 0 saturated carbocycles. The molecule has 1 aliphatic rings. The molecule has 0 N–H and O–H groups in total. The van der Waals surface area contributed by atoms with E-state index in [-0.39, 0.29) is 0 Å². The molecule has 6 heteroatoms. The first kappa shape index (κ1) is 14.7. The fraction of sp³-hybridized carbons (Fsp3) is 0.222. The SMILES string of the molecule is c1ccc(COCc2coc(-c3ccc4c(c3)OCCO4)n2)nc1. The van der Waals surface area contributed by atoms with Crippen LogP contribution in [0.5, 0.6) is 11.5 Å². The molecule has 0 fully saturated rings. The lowest BCUT2D eigenvalue weighted by molar-refractivity contribution is 0.102. The summed E-state index contributed by atoms with van der Waals surface area (Å²) in [6.45, 7) is 1.93. The highest BCUT2D eigenvalue weighted by atomic mass is 16.6. The third-order valence-corrected chi connectivity index (χ3v) is 3.57. The van der Waals surface area contributed by atoms with E-state index in [1.807, 2.05) is 36.4 Å². The first-order valence-electron chi connectivity index (χ1n) is 7.70. The number of aromatic nitrogens is 2. The highest BCUT2D eigenvalue weighted by Gasteiger charge is 2.15. The summed E-state index contributed by atoms with van der Waals surface area (Å²) in [5.41, 5.74) is 2.46. The number of benzene rings is 1. The van der Waals surface area contributed by atoms with Gasteiger partial charge in [-0.1, -0.05) is 6.07 Å². The number of hydrogen-bond acceptors (Lipinski definition) is 6. The van der Waals surface area contributed by atoms with Crippen molar-refractivity contribution < 1.29 is 18.6 Å². The Bertz CT molecular complexity index is 817. The molecule has 122 valence electrons. The topological polar surface area (TPSA) is 66.6 Å². The van der Waals surface area contributed by atoms with Gasteiger partial charge in [0.25, 0.3) is 0 Å². The largest absolute Gasteiger partial charge is 0.486 e. The Morgan fingerprint density at radius 1 is 0.958 bits per heavy atom. The molecule has 0 unspecified atom stereocenters. The van der Waals surface area contributed by atoms with Gasteiger partial charge in [0.05, 0.1) is 18.9 Å². The Balaban J connectivity index is 1.41. The van der Waals surface area contributed by atoms with E-state index < -0.39 is 0 Å². The van der Waals surface area contributed by atoms with Crippen LogP contribution < -0.4 is 9.47 Å². The zero-order valence-corrected chi connectivity index (χ0v) is 13.0. The van der Waals surface area contributed by atoms with Crippen molar-refractivity contribution in [2.75, 3.05) is 13.2 Å². The van der Waals surface area contributed by atoms with Crippen LogP contribution >= 0.6 is 0 Å². The molecule has 0 spiro atoms. The van der Waals surface area contributed by atoms with Gasteiger partial charge in [-0.15, -0.1) is 0 Å². The third kappa shape index (κ3) is 3.23. The van der Waals surface area contributed by atoms with Crippen molar-refractivity contribution in [1.29, 1.82) is 0 Å². The monoisotopic (exact) mass is 324 g/mol. The minimum atomic E-state index is 0.366. The van der Waals surface area contributed by atoms with Crippen LogP contribution in [0.1, 0.15) is 11.4 Å². The predicted octanol–water partition coefficient (Wildman–Crippen LogP) is 3.22. The average Bonchev–Trinajstić information content (AvgIpc) is 3.11. The van der Waals surface area contributed by atoms with Gasteiger partial charge < -0.3 is 18.6 Å². The number of rotatable bonds is 5. The predicted molar refractivity (Wildman–Crippen MR) is 85.7 cm³/mol. The van der Waals surface area contributed by atoms with Gasteiger partial charge in [-0.25, -0.2) is 4.98 Å². The quantitative estimate of drug-likeness (QED) is 0.718. The van der Waals surface area contributed by atoms with E-state index in [1.54, 1.807) is 12.5 Å². The van der Waals surface area contributed by atoms with Crippen LogP contribution in [0, 0.1) is 0 Å². The molecule has 2 aromatic heterocycles. The van der Waals surface area contributed by atoms with Crippen molar-refractivity contribution in [2.24, 2.45) is 0 Å². The Morgan fingerprint density at radius 2 is 1.83 bits per heavy atom. The number of ether oxygens (including phenoxy) is 3. The Hall–Kier alpha value is -2.86. The summed E-state index contributed by atoms with van der Waals surface area (Å²) in [5.74, 6) is 1.99. The first-order chi connectivity index (χ1) is 11.9. The maximum atomic E-state index is 5.62. The number of oxazole rings is 1. The zero-order valence-electron chi connectivity index (χ0n) is 13.0. The summed E-state index contributed by atoms with van der Waals surface area (Å²) < 4.78 is 22.3. The molecular weight excluding hydrogens is 308 g/mol. The number of pyridine rings is 1. The van der Waals surface area contributed by atoms with Crippen LogP contribution in [-0.2, 0) is 18.0 Å². The van der Waals surface area contributed by atoms with Gasteiger partial charge in [0.1, 0.15) is 25.2 Å². The summed E-state index contributed by atoms with van der Waals surface area (Å²) in [7, 11) is 0. The van der Waals surface area contributed by atoms with E-state index in [1.165, 1.54) is 0 Å². The number of fused-ring (bicyclic) bond motifs is 1. The molecule has 0 amide bonds. The van der Waals surface area contributed by atoms with Crippen molar-refractivity contribution in [3.63, 3.8) is 0 Å². The second-order valence-corrected chi connectivity index (χ2v) is 5.32. The second kappa shape index (κ2) is 6.72. The minimum absolute atomic E-state index is 0.366. The van der Waals surface area contributed by atoms with Crippen molar-refractivity contribution in [3.8, 4) is 23.0 Å². The average molecular weight is 324 g/mol. The number of nitrogens with zero attached hydrogens (tertiary/aromatic N) is 2. The lowest BCUT2D eigenvalue weighted by Gasteiger charge is -2.18. The van der Waals surface area contributed by atoms with Crippen LogP contribution in [0.4, 0.5) is 0 Å². The molecule has 1 aliphatic heterocycles. The summed E-state index contributed by atoms with van der Waals surface area (Å²) >= 11 is 0. The van der Waals surface area contributed by atoms with E-state index in [0.717, 1.165) is 22.7 Å². The highest BCUT2D eigenvalue weighted by Crippen LogP contribution is 2.34. The molecule has 0 bridgehead atoms. The Kier molecular flexibility index (Phi) is 4.12. The van der Waals surface area contributed by atoms with Gasteiger partial charge in [-0.3, -0.25) is 4.98 Å². The number of hydrogen-bond donors (Lipinski definition) is 0. The molecule has 4 rings (SSSR count). The zero-order chi connectivity index (χ0) is 16.2. The molecule has 3 heterocycles. The Labute approximate surface area is 139 Å². The van der Waals surface area contributed by atoms with Crippen LogP contribution in [0.2, 0.25) is 0 Å². The Morgan fingerprint density at radius 3 is 2.71 bits per heavy atom. The van der Waals surface area contributed by atoms with Gasteiger partial charge in [-0.05, 0) is 30.3 Å². The standard InChI is InChI=1S/C18H16N2O4/c1-2-6-19-14(3-1)10-21-11-15-12-24-18(20-15)13-4-5-16-17(9-13)23-8-7-22-16/h1-6,9,12H,7-8,10-11H2. The van der Waals surface area contributed by atoms with Gasteiger partial charge in [0.15, 0.2) is 11.5 Å². The normalized spacial score (nSPS) is 13.0. The summed E-state index contributed by atoms with van der Waals surface area (Å²) in [6.07, 6.45) is 3.35. The van der Waals surface area contributed by atoms with E-state index in [2.05, 4.69) is 9.97 Å². The van der Waals surface area contributed by atoms with Crippen LogP contribution in [0.3, 0.4) is 0 Å². The summed E-state index contributed by atoms with van der Waals surface area (Å²) in [4.78, 5) is 8.66. The van der Waals surface area contributed by atoms with Gasteiger partial charge >= 0.3 is 0 Å². The third-order valence-electron chi connectivity index (χ3n) is 3.57. The van der Waals surface area contributed by atoms with Crippen LogP contribution in [0.25, 0.3) is 11.5 Å². The van der Waals surface area contributed by atoms with E-state index in [9.17, 15) is 0 Å². The van der Waals surface area contributed by atoms with Crippen molar-refractivity contribution in [2.45, 2.75) is 13.2 Å². The molecule has 3 aromatic rings. The van der Waals surface area contributed by atoms with E-state index in [4.69, 9.17) is 18.6 Å². The molecule has 24 heavy (non-hydrogen) atoms. The lowest BCUT2D eigenvalue weighted by atomic mass is 10.2. The van der Waals surface area contributed by atoms with Crippen molar-refractivity contribution in [3.05, 3.63) is 60.2 Å². The molecule has 6 nitrogen and oxygen atoms in total. The smallest absolute Gasteiger partial charge is 0.226 e. The van der Waals surface area contributed by atoms with E-state index >= 15 is 0 Å². The highest BCUT2D eigenvalue weighted by molar-refractivity contribution is 5.60. The molecule has 0 atom stereocenters. The van der Waals surface area contributed by atoms with Gasteiger partial charge in [-0.2, -0.15) is 0 Å². The molecule has 0 saturated heterocycles. The second-order valence-electron chi connectivity index (χ2n) is 5.32. The molecule has 0 aliphatic carbocycles. The van der Waals surface area contributed by atoms with E-state index in [0.29, 0.717) is 38.1 Å². The van der Waals surface area contributed by atoms with Crippen molar-refractivity contribution in [1.82, 2.24) is 9.97 Å². The summed E-state index contributed by atoms with van der Waals surface area (Å²) in [5, 5.41) is 0. The van der Waals surface area contributed by atoms with Crippen LogP contribution in [0.15, 0.2) is 53.3 Å². The minimum Gasteiger partial charge on any atom is -0.486 e. The van der Waals surface area contributed by atoms with Crippen molar-refractivity contribution >= 4 is 0 Å².